The lowest BCUT2D eigenvalue weighted by Gasteiger charge is -2.62. The van der Waals surface area contributed by atoms with E-state index in [1.54, 1.807) is 18.1 Å². The Bertz CT molecular complexity index is 1260. The lowest BCUT2D eigenvalue weighted by Crippen LogP contribution is -2.62. The second-order valence-electron chi connectivity index (χ2n) is 13.0. The van der Waals surface area contributed by atoms with Crippen molar-refractivity contribution in [1.29, 1.82) is 0 Å². The first kappa shape index (κ1) is 29.7. The molecule has 8 heteroatoms. The average Bonchev–Trinajstić information content (AvgIpc) is 3.28. The number of hydroxylamine groups is 2. The summed E-state index contributed by atoms with van der Waals surface area (Å²) >= 11 is 0. The lowest BCUT2D eigenvalue weighted by molar-refractivity contribution is -0.174. The minimum absolute atomic E-state index is 0.0750. The van der Waals surface area contributed by atoms with Crippen LogP contribution in [0.2, 0.25) is 0 Å². The van der Waals surface area contributed by atoms with Crippen molar-refractivity contribution in [3.8, 4) is 11.1 Å². The zero-order valence-corrected chi connectivity index (χ0v) is 24.8. The van der Waals surface area contributed by atoms with Crippen molar-refractivity contribution in [2.24, 2.45) is 29.1 Å². The van der Waals surface area contributed by atoms with Crippen LogP contribution in [0.5, 0.6) is 0 Å². The van der Waals surface area contributed by atoms with E-state index in [2.05, 4.69) is 31.4 Å². The van der Waals surface area contributed by atoms with Crippen molar-refractivity contribution in [2.75, 3.05) is 13.2 Å². The van der Waals surface area contributed by atoms with Gasteiger partial charge in [-0.2, -0.15) is 5.06 Å². The van der Waals surface area contributed by atoms with E-state index in [1.807, 2.05) is 49.4 Å². The number of rotatable bonds is 9. The van der Waals surface area contributed by atoms with Gasteiger partial charge in [0, 0.05) is 24.1 Å². The molecule has 1 aliphatic heterocycles. The largest absolute Gasteiger partial charge is 0.395 e. The van der Waals surface area contributed by atoms with Crippen LogP contribution in [0.15, 0.2) is 48.5 Å². The quantitative estimate of drug-likeness (QED) is 0.370. The highest BCUT2D eigenvalue weighted by Crippen LogP contribution is 2.61. The van der Waals surface area contributed by atoms with E-state index < -0.39 is 12.1 Å². The molecule has 1 heterocycles. The third-order valence-electron chi connectivity index (χ3n) is 10.1. The summed E-state index contributed by atoms with van der Waals surface area (Å²) in [5.74, 6) is 1.01. The van der Waals surface area contributed by atoms with Gasteiger partial charge in [0.2, 0.25) is 5.91 Å². The minimum Gasteiger partial charge on any atom is -0.395 e. The summed E-state index contributed by atoms with van der Waals surface area (Å²) in [5.41, 5.74) is 3.66. The van der Waals surface area contributed by atoms with Gasteiger partial charge in [-0.1, -0.05) is 51.1 Å². The molecule has 8 atom stereocenters. The summed E-state index contributed by atoms with van der Waals surface area (Å²) in [6.07, 6.45) is 1.24. The van der Waals surface area contributed by atoms with Crippen molar-refractivity contribution < 1.29 is 24.6 Å². The fraction of sp³-hybridized carbons (Fsp3) is 0.576. The molecule has 4 fully saturated rings. The first-order valence-electron chi connectivity index (χ1n) is 15.0. The second-order valence-corrected chi connectivity index (χ2v) is 13.0. The van der Waals surface area contributed by atoms with E-state index in [0.717, 1.165) is 23.1 Å². The molecule has 0 aromatic heterocycles. The Morgan fingerprint density at radius 1 is 1.10 bits per heavy atom. The summed E-state index contributed by atoms with van der Waals surface area (Å²) in [6, 6.07) is 14.9. The second kappa shape index (κ2) is 11.8. The smallest absolute Gasteiger partial charge is 0.251 e. The van der Waals surface area contributed by atoms with Crippen molar-refractivity contribution in [2.45, 2.75) is 78.3 Å². The molecule has 0 unspecified atom stereocenters. The molecule has 2 aromatic rings. The van der Waals surface area contributed by atoms with E-state index in [1.165, 1.54) is 6.42 Å². The van der Waals surface area contributed by atoms with Crippen LogP contribution in [-0.4, -0.2) is 64.5 Å². The number of nitrogens with zero attached hydrogens (tertiary/aromatic N) is 1. The van der Waals surface area contributed by atoms with Crippen molar-refractivity contribution in [3.05, 3.63) is 59.7 Å². The normalized spacial score (nSPS) is 31.2. The zero-order valence-electron chi connectivity index (χ0n) is 24.8. The van der Waals surface area contributed by atoms with Gasteiger partial charge in [0.25, 0.3) is 5.91 Å². The predicted molar refractivity (Wildman–Crippen MR) is 157 cm³/mol. The van der Waals surface area contributed by atoms with E-state index in [4.69, 9.17) is 9.94 Å². The number of nitrogens with one attached hydrogen (secondary N) is 2. The Kier molecular flexibility index (Phi) is 8.58. The highest BCUT2D eigenvalue weighted by Gasteiger charge is 2.57. The summed E-state index contributed by atoms with van der Waals surface area (Å²) in [5, 5.41) is 27.5. The first-order chi connectivity index (χ1) is 19.5. The van der Waals surface area contributed by atoms with E-state index >= 15 is 0 Å². The van der Waals surface area contributed by atoms with E-state index in [9.17, 15) is 14.7 Å². The summed E-state index contributed by atoms with van der Waals surface area (Å²) < 4.78 is 0. The molecule has 222 valence electrons. The van der Waals surface area contributed by atoms with Crippen LogP contribution in [0.1, 0.15) is 63.4 Å². The van der Waals surface area contributed by atoms with Crippen LogP contribution >= 0.6 is 0 Å². The SMILES string of the molecule is C[C@@H]1[C@@H](NC(=O)[C@@H]2[C@H]([C@H](C)O)[C@H](C)ON2Cc2cccc(-c3cccc(C(=O)NCCO)c3)c2)C[C@H]2C[C@@H]1C2(C)C. The fourth-order valence-electron chi connectivity index (χ4n) is 7.64. The molecular formula is C33H45N3O5. The Morgan fingerprint density at radius 2 is 1.80 bits per heavy atom. The number of carbonyl (C=O) groups is 2. The molecule has 4 aliphatic rings. The molecule has 1 saturated heterocycles. The molecule has 2 bridgehead atoms. The number of amides is 2. The van der Waals surface area contributed by atoms with Gasteiger partial charge in [0.1, 0.15) is 6.04 Å². The number of aliphatic hydroxyl groups excluding tert-OH is 2. The monoisotopic (exact) mass is 563 g/mol. The van der Waals surface area contributed by atoms with Crippen LogP contribution in [0, 0.1) is 29.1 Å². The highest BCUT2D eigenvalue weighted by atomic mass is 16.7. The number of aliphatic hydroxyl groups is 2. The van der Waals surface area contributed by atoms with Crippen LogP contribution in [-0.2, 0) is 16.2 Å². The number of benzene rings is 2. The zero-order chi connectivity index (χ0) is 29.5. The highest BCUT2D eigenvalue weighted by molar-refractivity contribution is 5.95. The van der Waals surface area contributed by atoms with Gasteiger partial charge in [0.15, 0.2) is 0 Å². The maximum absolute atomic E-state index is 13.9. The Labute approximate surface area is 243 Å². The number of hydrogen-bond acceptors (Lipinski definition) is 6. The molecule has 0 spiro atoms. The first-order valence-corrected chi connectivity index (χ1v) is 15.0. The molecule has 2 amide bonds. The fourth-order valence-corrected chi connectivity index (χ4v) is 7.64. The van der Waals surface area contributed by atoms with Crippen molar-refractivity contribution in [3.63, 3.8) is 0 Å². The van der Waals surface area contributed by atoms with Gasteiger partial charge in [-0.25, -0.2) is 0 Å². The van der Waals surface area contributed by atoms with E-state index in [0.29, 0.717) is 35.3 Å². The standard InChI is InChI=1S/C33H45N3O5/c1-19-27-16-26(33(27,4)5)17-28(19)35-32(40)30-29(20(2)38)21(3)41-36(30)18-22-8-6-9-23(14-22)24-10-7-11-25(15-24)31(39)34-12-13-37/h6-11,14-15,19-21,26-30,37-38H,12-13,16-18H2,1-5H3,(H,34,39)(H,35,40)/t19-,20-,21-,26+,27-,28-,29+,30-/m0/s1. The van der Waals surface area contributed by atoms with Gasteiger partial charge in [-0.3, -0.25) is 14.4 Å². The summed E-state index contributed by atoms with van der Waals surface area (Å²) in [6.45, 7) is 11.1. The molecule has 4 N–H and O–H groups in total. The Hall–Kier alpha value is -2.78. The summed E-state index contributed by atoms with van der Waals surface area (Å²) in [7, 11) is 0. The van der Waals surface area contributed by atoms with Gasteiger partial charge in [0.05, 0.1) is 25.4 Å². The van der Waals surface area contributed by atoms with Gasteiger partial charge in [-0.15, -0.1) is 0 Å². The molecule has 2 aromatic carbocycles. The molecule has 3 aliphatic carbocycles. The maximum atomic E-state index is 13.9. The lowest BCUT2D eigenvalue weighted by atomic mass is 9.45. The number of carbonyl (C=O) groups excluding carboxylic acids is 2. The van der Waals surface area contributed by atoms with Crippen LogP contribution in [0.4, 0.5) is 0 Å². The average molecular weight is 564 g/mol. The molecule has 6 rings (SSSR count). The van der Waals surface area contributed by atoms with Gasteiger partial charge >= 0.3 is 0 Å². The third kappa shape index (κ3) is 5.80. The number of fused-ring (bicyclic) bond motifs is 2. The maximum Gasteiger partial charge on any atom is 0.251 e. The van der Waals surface area contributed by atoms with Crippen LogP contribution < -0.4 is 10.6 Å². The third-order valence-corrected chi connectivity index (χ3v) is 10.1. The van der Waals surface area contributed by atoms with Crippen molar-refractivity contribution >= 4 is 11.8 Å². The van der Waals surface area contributed by atoms with Crippen molar-refractivity contribution in [1.82, 2.24) is 15.7 Å². The minimum atomic E-state index is -0.701. The van der Waals surface area contributed by atoms with Gasteiger partial charge < -0.3 is 20.8 Å². The Morgan fingerprint density at radius 3 is 2.46 bits per heavy atom. The number of hydrogen-bond donors (Lipinski definition) is 4. The molecule has 0 radical (unpaired) electrons. The molecule has 3 saturated carbocycles. The van der Waals surface area contributed by atoms with Crippen LogP contribution in [0.3, 0.4) is 0 Å². The van der Waals surface area contributed by atoms with Gasteiger partial charge in [-0.05, 0) is 84.7 Å². The molecular weight excluding hydrogens is 518 g/mol. The topological polar surface area (TPSA) is 111 Å². The molecule has 8 nitrogen and oxygen atoms in total. The predicted octanol–water partition coefficient (Wildman–Crippen LogP) is 3.76. The van der Waals surface area contributed by atoms with E-state index in [-0.39, 0.29) is 43.0 Å². The Balaban J connectivity index is 1.33. The molecule has 41 heavy (non-hydrogen) atoms. The van der Waals surface area contributed by atoms with Crippen LogP contribution in [0.25, 0.3) is 11.1 Å². The summed E-state index contributed by atoms with van der Waals surface area (Å²) in [4.78, 5) is 32.5.